The van der Waals surface area contributed by atoms with Crippen LogP contribution in [0.3, 0.4) is 0 Å². The minimum absolute atomic E-state index is 0.0450. The van der Waals surface area contributed by atoms with Crippen molar-refractivity contribution in [1.29, 1.82) is 0 Å². The molecule has 2 aliphatic rings. The maximum absolute atomic E-state index is 13.6. The van der Waals surface area contributed by atoms with Crippen molar-refractivity contribution >= 4 is 10.9 Å². The van der Waals surface area contributed by atoms with Crippen LogP contribution in [-0.2, 0) is 12.8 Å². The third kappa shape index (κ3) is 5.17. The molecule has 2 aromatic heterocycles. The minimum Gasteiger partial charge on any atom is -0.322 e. The van der Waals surface area contributed by atoms with Crippen LogP contribution in [0.25, 0.3) is 10.9 Å². The molecule has 6 rings (SSSR count). The number of nitrogens with zero attached hydrogens (tertiary/aromatic N) is 5. The molecule has 2 fully saturated rings. The fourth-order valence-electron chi connectivity index (χ4n) is 6.52. The van der Waals surface area contributed by atoms with Gasteiger partial charge in [-0.3, -0.25) is 9.69 Å². The topological polar surface area (TPSA) is 79.7 Å². The van der Waals surface area contributed by atoms with E-state index in [9.17, 15) is 4.79 Å². The Hall–Kier alpha value is -3.32. The lowest BCUT2D eigenvalue weighted by Crippen LogP contribution is -2.41. The van der Waals surface area contributed by atoms with Crippen LogP contribution in [0.15, 0.2) is 59.4 Å². The third-order valence-electron chi connectivity index (χ3n) is 8.71. The van der Waals surface area contributed by atoms with Gasteiger partial charge in [-0.1, -0.05) is 62.6 Å². The van der Waals surface area contributed by atoms with Gasteiger partial charge >= 0.3 is 0 Å². The summed E-state index contributed by atoms with van der Waals surface area (Å²) < 4.78 is 2.05. The van der Waals surface area contributed by atoms with Crippen molar-refractivity contribution in [2.24, 2.45) is 5.92 Å². The number of rotatable bonds is 7. The Morgan fingerprint density at radius 1 is 0.947 bits per heavy atom. The quantitative estimate of drug-likeness (QED) is 0.349. The predicted molar refractivity (Wildman–Crippen MR) is 150 cm³/mol. The highest BCUT2D eigenvalue weighted by atomic mass is 16.1. The molecule has 7 nitrogen and oxygen atoms in total. The van der Waals surface area contributed by atoms with Gasteiger partial charge in [0, 0.05) is 11.1 Å². The second kappa shape index (κ2) is 11.2. The van der Waals surface area contributed by atoms with Crippen LogP contribution >= 0.6 is 0 Å². The molecule has 0 radical (unpaired) electrons. The Balaban J connectivity index is 1.35. The number of fused-ring (bicyclic) bond motifs is 1. The molecule has 1 aliphatic heterocycles. The standard InChI is InChI=1S/C31H38N6O/c1-2-22-13-14-28-25(20-22)21-27(31(38)32-28)29(30-33-34-35-37(30)26-11-7-4-8-12-26)36-17-15-24(16-18-36)19-23-9-5-3-6-10-23/h3,5-6,9-10,13-14,20-21,24,26,29H,2,4,7-8,11-12,15-19H2,1H3,(H,32,38)/t29-/m1/s1. The highest BCUT2D eigenvalue weighted by Gasteiger charge is 2.34. The third-order valence-corrected chi connectivity index (χ3v) is 8.71. The second-order valence-electron chi connectivity index (χ2n) is 11.2. The van der Waals surface area contributed by atoms with Crippen molar-refractivity contribution in [2.75, 3.05) is 13.1 Å². The molecule has 1 saturated heterocycles. The smallest absolute Gasteiger partial charge is 0.253 e. The number of tetrazole rings is 1. The number of H-pyrrole nitrogens is 1. The van der Waals surface area contributed by atoms with Crippen molar-refractivity contribution in [3.8, 4) is 0 Å². The van der Waals surface area contributed by atoms with E-state index in [-0.39, 0.29) is 11.6 Å². The first-order chi connectivity index (χ1) is 18.7. The van der Waals surface area contributed by atoms with Crippen LogP contribution < -0.4 is 5.56 Å². The first-order valence-corrected chi connectivity index (χ1v) is 14.4. The zero-order chi connectivity index (χ0) is 25.9. The Morgan fingerprint density at radius 2 is 1.74 bits per heavy atom. The molecular weight excluding hydrogens is 472 g/mol. The first-order valence-electron chi connectivity index (χ1n) is 14.4. The molecule has 1 aliphatic carbocycles. The molecule has 0 spiro atoms. The number of piperidine rings is 1. The summed E-state index contributed by atoms with van der Waals surface area (Å²) in [5.74, 6) is 1.46. The fourth-order valence-corrected chi connectivity index (χ4v) is 6.52. The van der Waals surface area contributed by atoms with Crippen molar-refractivity contribution in [3.05, 3.63) is 87.5 Å². The van der Waals surface area contributed by atoms with Crippen molar-refractivity contribution in [1.82, 2.24) is 30.1 Å². The highest BCUT2D eigenvalue weighted by molar-refractivity contribution is 5.80. The molecule has 3 heterocycles. The number of pyridine rings is 1. The van der Waals surface area contributed by atoms with E-state index in [0.717, 1.165) is 73.9 Å². The summed E-state index contributed by atoms with van der Waals surface area (Å²) in [5, 5.41) is 14.3. The van der Waals surface area contributed by atoms with Crippen LogP contribution in [0.4, 0.5) is 0 Å². The van der Waals surface area contributed by atoms with Crippen LogP contribution in [0.2, 0.25) is 0 Å². The van der Waals surface area contributed by atoms with E-state index in [1.54, 1.807) is 0 Å². The maximum atomic E-state index is 13.6. The predicted octanol–water partition coefficient (Wildman–Crippen LogP) is 5.63. The molecule has 1 N–H and O–H groups in total. The van der Waals surface area contributed by atoms with Crippen LogP contribution in [0.1, 0.15) is 86.5 Å². The summed E-state index contributed by atoms with van der Waals surface area (Å²) in [6, 6.07) is 19.2. The number of likely N-dealkylation sites (tertiary alicyclic amines) is 1. The Kier molecular flexibility index (Phi) is 7.36. The summed E-state index contributed by atoms with van der Waals surface area (Å²) >= 11 is 0. The summed E-state index contributed by atoms with van der Waals surface area (Å²) in [6.45, 7) is 4.01. The van der Waals surface area contributed by atoms with Gasteiger partial charge in [-0.05, 0) is 103 Å². The molecule has 38 heavy (non-hydrogen) atoms. The average Bonchev–Trinajstić information content (AvgIpc) is 3.45. The number of benzene rings is 2. The molecule has 7 heteroatoms. The molecule has 2 aromatic carbocycles. The van der Waals surface area contributed by atoms with Gasteiger partial charge in [-0.15, -0.1) is 5.10 Å². The first kappa shape index (κ1) is 25.0. The number of aryl methyl sites for hydroxylation is 1. The van der Waals surface area contributed by atoms with Crippen LogP contribution in [-0.4, -0.2) is 43.2 Å². The lowest BCUT2D eigenvalue weighted by Gasteiger charge is -2.37. The minimum atomic E-state index is -0.261. The SMILES string of the molecule is CCc1ccc2[nH]c(=O)c([C@H](c3nnnn3C3CCCCC3)N3CCC(Cc4ccccc4)CC3)cc2c1. The zero-order valence-corrected chi connectivity index (χ0v) is 22.4. The number of aromatic nitrogens is 5. The largest absolute Gasteiger partial charge is 0.322 e. The maximum Gasteiger partial charge on any atom is 0.253 e. The van der Waals surface area contributed by atoms with Gasteiger partial charge in [0.1, 0.15) is 6.04 Å². The number of hydrogen-bond donors (Lipinski definition) is 1. The lowest BCUT2D eigenvalue weighted by molar-refractivity contribution is 0.140. The van der Waals surface area contributed by atoms with Crippen LogP contribution in [0, 0.1) is 5.92 Å². The van der Waals surface area contributed by atoms with Crippen LogP contribution in [0.5, 0.6) is 0 Å². The van der Waals surface area contributed by atoms with Crippen molar-refractivity contribution in [2.45, 2.75) is 76.8 Å². The Bertz CT molecular complexity index is 1410. The van der Waals surface area contributed by atoms with Gasteiger partial charge in [0.05, 0.1) is 6.04 Å². The number of hydrogen-bond acceptors (Lipinski definition) is 5. The molecule has 0 bridgehead atoms. The van der Waals surface area contributed by atoms with E-state index in [1.807, 2.05) is 10.7 Å². The average molecular weight is 511 g/mol. The summed E-state index contributed by atoms with van der Waals surface area (Å²) in [4.78, 5) is 19.2. The molecule has 0 unspecified atom stereocenters. The Morgan fingerprint density at radius 3 is 2.50 bits per heavy atom. The second-order valence-corrected chi connectivity index (χ2v) is 11.2. The van der Waals surface area contributed by atoms with Crippen molar-refractivity contribution in [3.63, 3.8) is 0 Å². The molecule has 4 aromatic rings. The normalized spacial score (nSPS) is 18.7. The summed E-state index contributed by atoms with van der Waals surface area (Å²) in [7, 11) is 0. The molecule has 1 saturated carbocycles. The molecule has 0 amide bonds. The summed E-state index contributed by atoms with van der Waals surface area (Å²) in [5.41, 5.74) is 4.25. The van der Waals surface area contributed by atoms with Crippen molar-refractivity contribution < 1.29 is 0 Å². The van der Waals surface area contributed by atoms with E-state index in [2.05, 4.69) is 80.9 Å². The molecular formula is C31H38N6O. The van der Waals surface area contributed by atoms with Gasteiger partial charge in [-0.25, -0.2) is 4.68 Å². The van der Waals surface area contributed by atoms with Gasteiger partial charge in [0.15, 0.2) is 5.82 Å². The van der Waals surface area contributed by atoms with E-state index in [0.29, 0.717) is 12.0 Å². The van der Waals surface area contributed by atoms with Gasteiger partial charge in [0.2, 0.25) is 0 Å². The fraction of sp³-hybridized carbons (Fsp3) is 0.484. The number of aromatic amines is 1. The number of nitrogens with one attached hydrogen (secondary N) is 1. The lowest BCUT2D eigenvalue weighted by atomic mass is 9.88. The highest BCUT2D eigenvalue weighted by Crippen LogP contribution is 2.35. The molecule has 198 valence electrons. The monoisotopic (exact) mass is 510 g/mol. The van der Waals surface area contributed by atoms with Gasteiger partial charge in [0.25, 0.3) is 5.56 Å². The van der Waals surface area contributed by atoms with E-state index in [1.165, 1.54) is 30.4 Å². The van der Waals surface area contributed by atoms with Gasteiger partial charge < -0.3 is 4.98 Å². The van der Waals surface area contributed by atoms with Gasteiger partial charge in [-0.2, -0.15) is 0 Å². The summed E-state index contributed by atoms with van der Waals surface area (Å²) in [6.07, 6.45) is 10.1. The van der Waals surface area contributed by atoms with E-state index < -0.39 is 0 Å². The zero-order valence-electron chi connectivity index (χ0n) is 22.4. The molecule has 1 atom stereocenters. The Labute approximate surface area is 224 Å². The van der Waals surface area contributed by atoms with E-state index in [4.69, 9.17) is 0 Å². The van der Waals surface area contributed by atoms with E-state index >= 15 is 0 Å².